The van der Waals surface area contributed by atoms with Gasteiger partial charge in [-0.2, -0.15) is 0 Å². The summed E-state index contributed by atoms with van der Waals surface area (Å²) in [5.41, 5.74) is 0. The Kier molecular flexibility index (Phi) is 3.93. The van der Waals surface area contributed by atoms with Gasteiger partial charge >= 0.3 is 0 Å². The molecule has 4 heteroatoms. The van der Waals surface area contributed by atoms with Gasteiger partial charge in [0.15, 0.2) is 0 Å². The molecule has 0 aliphatic carbocycles. The Morgan fingerprint density at radius 3 is 2.14 bits per heavy atom. The van der Waals surface area contributed by atoms with Crippen molar-refractivity contribution in [3.05, 3.63) is 11.6 Å². The molecule has 0 atom stereocenters. The second-order valence-electron chi connectivity index (χ2n) is 4.23. The fourth-order valence-electron chi connectivity index (χ4n) is 1.55. The highest BCUT2D eigenvalue weighted by atomic mass is 35.5. The van der Waals surface area contributed by atoms with Gasteiger partial charge in [0.1, 0.15) is 11.6 Å². The van der Waals surface area contributed by atoms with Crippen molar-refractivity contribution in [3.8, 4) is 0 Å². The van der Waals surface area contributed by atoms with Crippen molar-refractivity contribution >= 4 is 11.6 Å². The van der Waals surface area contributed by atoms with Gasteiger partial charge in [0.2, 0.25) is 0 Å². The van der Waals surface area contributed by atoms with Crippen LogP contribution in [0.2, 0.25) is 0 Å². The zero-order valence-electron chi connectivity index (χ0n) is 9.29. The summed E-state index contributed by atoms with van der Waals surface area (Å²) in [7, 11) is 0. The monoisotopic (exact) mass is 215 g/mol. The Morgan fingerprint density at radius 2 is 1.71 bits per heavy atom. The number of hydrogen-bond acceptors (Lipinski definition) is 2. The maximum Gasteiger partial charge on any atom is 0.148 e. The molecule has 0 saturated carbocycles. The van der Waals surface area contributed by atoms with Crippen LogP contribution in [0.15, 0.2) is 0 Å². The van der Waals surface area contributed by atoms with Crippen molar-refractivity contribution in [1.29, 1.82) is 0 Å². The first-order valence-corrected chi connectivity index (χ1v) is 5.58. The minimum absolute atomic E-state index is 0.382. The molecule has 3 nitrogen and oxygen atoms in total. The second-order valence-corrected chi connectivity index (χ2v) is 4.50. The SMILES string of the molecule is CC(C)Cc1nnc(CCl)n1C(C)C. The molecule has 0 radical (unpaired) electrons. The Bertz CT molecular complexity index is 292. The standard InChI is InChI=1S/C10H18ClN3/c1-7(2)5-9-12-13-10(6-11)14(9)8(3)4/h7-8H,5-6H2,1-4H3. The van der Waals surface area contributed by atoms with Crippen LogP contribution in [-0.2, 0) is 12.3 Å². The topological polar surface area (TPSA) is 30.7 Å². The van der Waals surface area contributed by atoms with Gasteiger partial charge in [0.05, 0.1) is 5.88 Å². The van der Waals surface area contributed by atoms with Crippen molar-refractivity contribution in [3.63, 3.8) is 0 Å². The zero-order valence-corrected chi connectivity index (χ0v) is 10.0. The van der Waals surface area contributed by atoms with Gasteiger partial charge in [-0.3, -0.25) is 0 Å². The minimum Gasteiger partial charge on any atom is -0.311 e. The van der Waals surface area contributed by atoms with Crippen LogP contribution in [0, 0.1) is 5.92 Å². The van der Waals surface area contributed by atoms with Gasteiger partial charge in [-0.05, 0) is 19.8 Å². The number of halogens is 1. The van der Waals surface area contributed by atoms with E-state index in [1.54, 1.807) is 0 Å². The Morgan fingerprint density at radius 1 is 1.14 bits per heavy atom. The molecular formula is C10H18ClN3. The zero-order chi connectivity index (χ0) is 10.7. The fraction of sp³-hybridized carbons (Fsp3) is 0.800. The van der Waals surface area contributed by atoms with Crippen molar-refractivity contribution in [2.45, 2.75) is 46.0 Å². The van der Waals surface area contributed by atoms with E-state index in [0.717, 1.165) is 18.1 Å². The lowest BCUT2D eigenvalue weighted by Gasteiger charge is -2.13. The maximum absolute atomic E-state index is 5.80. The molecule has 0 amide bonds. The smallest absolute Gasteiger partial charge is 0.148 e. The summed E-state index contributed by atoms with van der Waals surface area (Å²) in [6.45, 7) is 8.62. The first-order valence-electron chi connectivity index (χ1n) is 5.04. The van der Waals surface area contributed by atoms with E-state index in [2.05, 4.69) is 42.5 Å². The van der Waals surface area contributed by atoms with Crippen LogP contribution in [0.25, 0.3) is 0 Å². The average Bonchev–Trinajstić information content (AvgIpc) is 2.46. The third-order valence-corrected chi connectivity index (χ3v) is 2.30. The highest BCUT2D eigenvalue weighted by Crippen LogP contribution is 2.15. The first kappa shape index (κ1) is 11.5. The summed E-state index contributed by atoms with van der Waals surface area (Å²) in [6.07, 6.45) is 0.960. The van der Waals surface area contributed by atoms with Crippen LogP contribution in [0.1, 0.15) is 45.4 Å². The van der Waals surface area contributed by atoms with E-state index in [9.17, 15) is 0 Å². The van der Waals surface area contributed by atoms with Crippen molar-refractivity contribution < 1.29 is 0 Å². The number of alkyl halides is 1. The molecule has 0 spiro atoms. The third kappa shape index (κ3) is 2.47. The summed E-state index contributed by atoms with van der Waals surface area (Å²) in [5, 5.41) is 8.27. The molecule has 0 unspecified atom stereocenters. The maximum atomic E-state index is 5.80. The van der Waals surface area contributed by atoms with E-state index < -0.39 is 0 Å². The van der Waals surface area contributed by atoms with Crippen molar-refractivity contribution in [2.75, 3.05) is 0 Å². The van der Waals surface area contributed by atoms with Crippen LogP contribution >= 0.6 is 11.6 Å². The van der Waals surface area contributed by atoms with E-state index in [-0.39, 0.29) is 0 Å². The summed E-state index contributed by atoms with van der Waals surface area (Å²) < 4.78 is 2.13. The molecule has 0 N–H and O–H groups in total. The van der Waals surface area contributed by atoms with Crippen LogP contribution in [0.3, 0.4) is 0 Å². The Labute approximate surface area is 90.5 Å². The fourth-order valence-corrected chi connectivity index (χ4v) is 1.73. The largest absolute Gasteiger partial charge is 0.311 e. The van der Waals surface area contributed by atoms with Crippen LogP contribution in [0.5, 0.6) is 0 Å². The molecule has 80 valence electrons. The summed E-state index contributed by atoms with van der Waals surface area (Å²) in [6, 6.07) is 0.382. The molecule has 0 aliphatic rings. The van der Waals surface area contributed by atoms with Crippen molar-refractivity contribution in [1.82, 2.24) is 14.8 Å². The molecule has 1 aromatic rings. The normalized spacial score (nSPS) is 11.6. The molecule has 0 fully saturated rings. The Balaban J connectivity index is 2.98. The van der Waals surface area contributed by atoms with Crippen LogP contribution in [0.4, 0.5) is 0 Å². The lowest BCUT2D eigenvalue weighted by Crippen LogP contribution is -2.11. The second kappa shape index (κ2) is 4.78. The van der Waals surface area contributed by atoms with E-state index in [1.807, 2.05) is 0 Å². The van der Waals surface area contributed by atoms with E-state index >= 15 is 0 Å². The predicted octanol–water partition coefficient (Wildman–Crippen LogP) is 2.80. The number of aromatic nitrogens is 3. The molecule has 1 rings (SSSR count). The Hall–Kier alpha value is -0.570. The van der Waals surface area contributed by atoms with Crippen molar-refractivity contribution in [2.24, 2.45) is 5.92 Å². The van der Waals surface area contributed by atoms with Gasteiger partial charge in [-0.1, -0.05) is 13.8 Å². The van der Waals surface area contributed by atoms with Crippen LogP contribution < -0.4 is 0 Å². The van der Waals surface area contributed by atoms with Gasteiger partial charge < -0.3 is 4.57 Å². The average molecular weight is 216 g/mol. The predicted molar refractivity (Wildman–Crippen MR) is 58.5 cm³/mol. The molecular weight excluding hydrogens is 198 g/mol. The quantitative estimate of drug-likeness (QED) is 0.724. The summed E-state index contributed by atoms with van der Waals surface area (Å²) in [5.74, 6) is 2.95. The molecule has 1 aromatic heterocycles. The molecule has 1 heterocycles. The van der Waals surface area contributed by atoms with E-state index in [0.29, 0.717) is 17.8 Å². The molecule has 0 aliphatic heterocycles. The van der Waals surface area contributed by atoms with Crippen LogP contribution in [-0.4, -0.2) is 14.8 Å². The first-order chi connectivity index (χ1) is 6.56. The highest BCUT2D eigenvalue weighted by molar-refractivity contribution is 6.16. The van der Waals surface area contributed by atoms with Gasteiger partial charge in [0, 0.05) is 12.5 Å². The highest BCUT2D eigenvalue weighted by Gasteiger charge is 2.14. The molecule has 0 aromatic carbocycles. The van der Waals surface area contributed by atoms with E-state index in [4.69, 9.17) is 11.6 Å². The number of nitrogens with zero attached hydrogens (tertiary/aromatic N) is 3. The molecule has 0 bridgehead atoms. The third-order valence-electron chi connectivity index (χ3n) is 2.06. The number of hydrogen-bond donors (Lipinski definition) is 0. The number of rotatable bonds is 4. The van der Waals surface area contributed by atoms with E-state index in [1.165, 1.54) is 0 Å². The summed E-state index contributed by atoms with van der Waals surface area (Å²) >= 11 is 5.80. The summed E-state index contributed by atoms with van der Waals surface area (Å²) in [4.78, 5) is 0. The lowest BCUT2D eigenvalue weighted by atomic mass is 10.1. The molecule has 14 heavy (non-hydrogen) atoms. The van der Waals surface area contributed by atoms with Gasteiger partial charge in [-0.25, -0.2) is 0 Å². The van der Waals surface area contributed by atoms with Gasteiger partial charge in [-0.15, -0.1) is 21.8 Å². The molecule has 0 saturated heterocycles. The lowest BCUT2D eigenvalue weighted by molar-refractivity contribution is 0.519. The minimum atomic E-state index is 0.382. The van der Waals surface area contributed by atoms with Gasteiger partial charge in [0.25, 0.3) is 0 Å².